The summed E-state index contributed by atoms with van der Waals surface area (Å²) in [6.07, 6.45) is 2.45. The van der Waals surface area contributed by atoms with Gasteiger partial charge in [0.2, 0.25) is 5.95 Å². The summed E-state index contributed by atoms with van der Waals surface area (Å²) in [7, 11) is 0. The standard InChI is InChI=1S/C22H21N3O2/c1-2-27-20(26)14-13-19-15-16-23-22(24-19)25-21(17-9-5-3-6-10-17)18-11-7-4-8-12-18/h3-12,15-16H,2,13-14H2,1H3. The maximum absolute atomic E-state index is 11.6. The predicted octanol–water partition coefficient (Wildman–Crippen LogP) is 4.14. The molecule has 0 aliphatic rings. The molecule has 0 radical (unpaired) electrons. The van der Waals surface area contributed by atoms with Crippen LogP contribution in [0.3, 0.4) is 0 Å². The Morgan fingerprint density at radius 3 is 2.19 bits per heavy atom. The molecule has 3 rings (SSSR count). The molecular formula is C22H21N3O2. The average molecular weight is 359 g/mol. The van der Waals surface area contributed by atoms with Crippen molar-refractivity contribution in [2.24, 2.45) is 4.99 Å². The van der Waals surface area contributed by atoms with Crippen molar-refractivity contribution < 1.29 is 9.53 Å². The SMILES string of the molecule is CCOC(=O)CCc1ccnc(N=C(c2ccccc2)c2ccccc2)n1. The van der Waals surface area contributed by atoms with Gasteiger partial charge < -0.3 is 4.74 Å². The molecule has 1 aromatic heterocycles. The topological polar surface area (TPSA) is 64.4 Å². The second kappa shape index (κ2) is 9.38. The van der Waals surface area contributed by atoms with Gasteiger partial charge in [-0.25, -0.2) is 15.0 Å². The molecule has 0 fully saturated rings. The van der Waals surface area contributed by atoms with Crippen molar-refractivity contribution in [1.82, 2.24) is 9.97 Å². The van der Waals surface area contributed by atoms with Crippen molar-refractivity contribution >= 4 is 17.6 Å². The lowest BCUT2D eigenvalue weighted by Crippen LogP contribution is -2.06. The monoisotopic (exact) mass is 359 g/mol. The molecule has 27 heavy (non-hydrogen) atoms. The fourth-order valence-electron chi connectivity index (χ4n) is 2.63. The van der Waals surface area contributed by atoms with Gasteiger partial charge >= 0.3 is 5.97 Å². The molecule has 1 heterocycles. The first-order valence-electron chi connectivity index (χ1n) is 8.93. The van der Waals surface area contributed by atoms with E-state index in [-0.39, 0.29) is 12.4 Å². The molecule has 0 aliphatic carbocycles. The smallest absolute Gasteiger partial charge is 0.306 e. The third-order valence-corrected chi connectivity index (χ3v) is 3.90. The van der Waals surface area contributed by atoms with E-state index in [1.807, 2.05) is 60.7 Å². The van der Waals surface area contributed by atoms with E-state index in [1.165, 1.54) is 0 Å². The summed E-state index contributed by atoms with van der Waals surface area (Å²) in [6, 6.07) is 21.7. The number of ether oxygens (including phenoxy) is 1. The van der Waals surface area contributed by atoms with Crippen molar-refractivity contribution in [2.45, 2.75) is 19.8 Å². The van der Waals surface area contributed by atoms with Gasteiger partial charge in [-0.15, -0.1) is 0 Å². The molecule has 0 bridgehead atoms. The van der Waals surface area contributed by atoms with Gasteiger partial charge in [-0.1, -0.05) is 60.7 Å². The zero-order valence-corrected chi connectivity index (χ0v) is 15.2. The molecule has 0 aliphatic heterocycles. The Kier molecular flexibility index (Phi) is 6.41. The highest BCUT2D eigenvalue weighted by Gasteiger charge is 2.09. The molecule has 136 valence electrons. The minimum atomic E-state index is -0.226. The van der Waals surface area contributed by atoms with Crippen LogP contribution in [0.2, 0.25) is 0 Å². The van der Waals surface area contributed by atoms with Crippen LogP contribution in [0.15, 0.2) is 77.9 Å². The first-order chi connectivity index (χ1) is 13.3. The first-order valence-corrected chi connectivity index (χ1v) is 8.93. The Morgan fingerprint density at radius 1 is 0.963 bits per heavy atom. The van der Waals surface area contributed by atoms with E-state index in [0.717, 1.165) is 22.5 Å². The molecule has 2 aromatic carbocycles. The van der Waals surface area contributed by atoms with Crippen LogP contribution in [0, 0.1) is 0 Å². The number of rotatable bonds is 7. The highest BCUT2D eigenvalue weighted by Crippen LogP contribution is 2.15. The van der Waals surface area contributed by atoms with Crippen LogP contribution in [-0.4, -0.2) is 28.3 Å². The van der Waals surface area contributed by atoms with E-state index in [0.29, 0.717) is 19.0 Å². The molecule has 3 aromatic rings. The van der Waals surface area contributed by atoms with E-state index in [1.54, 1.807) is 19.2 Å². The van der Waals surface area contributed by atoms with Gasteiger partial charge in [0, 0.05) is 29.4 Å². The molecule has 0 atom stereocenters. The number of carbonyl (C=O) groups excluding carboxylic acids is 1. The highest BCUT2D eigenvalue weighted by molar-refractivity contribution is 6.13. The van der Waals surface area contributed by atoms with Gasteiger partial charge in [-0.3, -0.25) is 4.79 Å². The van der Waals surface area contributed by atoms with E-state index in [4.69, 9.17) is 9.73 Å². The molecule has 0 saturated carbocycles. The summed E-state index contributed by atoms with van der Waals surface area (Å²) in [6.45, 7) is 2.18. The maximum atomic E-state index is 11.6. The van der Waals surface area contributed by atoms with Crippen molar-refractivity contribution in [2.75, 3.05) is 6.61 Å². The summed E-state index contributed by atoms with van der Waals surface area (Å²) < 4.78 is 4.96. The van der Waals surface area contributed by atoms with Gasteiger partial charge in [0.15, 0.2) is 0 Å². The van der Waals surface area contributed by atoms with Gasteiger partial charge in [-0.05, 0) is 13.0 Å². The third kappa shape index (κ3) is 5.31. The molecule has 0 spiro atoms. The second-order valence-corrected chi connectivity index (χ2v) is 5.85. The molecule has 5 heteroatoms. The van der Waals surface area contributed by atoms with Crippen molar-refractivity contribution in [1.29, 1.82) is 0 Å². The second-order valence-electron chi connectivity index (χ2n) is 5.85. The number of carbonyl (C=O) groups is 1. The third-order valence-electron chi connectivity index (χ3n) is 3.90. The molecule has 0 unspecified atom stereocenters. The van der Waals surface area contributed by atoms with Crippen molar-refractivity contribution in [3.05, 3.63) is 89.7 Å². The zero-order chi connectivity index (χ0) is 18.9. The normalized spacial score (nSPS) is 10.3. The van der Waals surface area contributed by atoms with Gasteiger partial charge in [0.1, 0.15) is 0 Å². The highest BCUT2D eigenvalue weighted by atomic mass is 16.5. The number of hydrogen-bond acceptors (Lipinski definition) is 5. The van der Waals surface area contributed by atoms with Gasteiger partial charge in [0.25, 0.3) is 0 Å². The van der Waals surface area contributed by atoms with E-state index in [9.17, 15) is 4.79 Å². The Bertz CT molecular complexity index is 868. The Hall–Kier alpha value is -3.34. The van der Waals surface area contributed by atoms with Crippen LogP contribution < -0.4 is 0 Å². The number of esters is 1. The summed E-state index contributed by atoms with van der Waals surface area (Å²) in [5, 5.41) is 0. The number of hydrogen-bond donors (Lipinski definition) is 0. The van der Waals surface area contributed by atoms with E-state index < -0.39 is 0 Å². The molecule has 0 amide bonds. The minimum absolute atomic E-state index is 0.226. The fourth-order valence-corrected chi connectivity index (χ4v) is 2.63. The molecular weight excluding hydrogens is 338 g/mol. The average Bonchev–Trinajstić information content (AvgIpc) is 2.72. The lowest BCUT2D eigenvalue weighted by molar-refractivity contribution is -0.143. The largest absolute Gasteiger partial charge is 0.466 e. The number of aliphatic imine (C=N–C) groups is 1. The number of benzene rings is 2. The zero-order valence-electron chi connectivity index (χ0n) is 15.2. The summed E-state index contributed by atoms with van der Waals surface area (Å²) in [5.41, 5.74) is 3.55. The number of aromatic nitrogens is 2. The molecule has 5 nitrogen and oxygen atoms in total. The Balaban J connectivity index is 1.89. The van der Waals surface area contributed by atoms with E-state index in [2.05, 4.69) is 9.97 Å². The van der Waals surface area contributed by atoms with Crippen LogP contribution in [-0.2, 0) is 16.0 Å². The van der Waals surface area contributed by atoms with Crippen molar-refractivity contribution in [3.8, 4) is 0 Å². The van der Waals surface area contributed by atoms with Crippen LogP contribution in [0.25, 0.3) is 0 Å². The van der Waals surface area contributed by atoms with Gasteiger partial charge in [0.05, 0.1) is 18.7 Å². The van der Waals surface area contributed by atoms with Crippen molar-refractivity contribution in [3.63, 3.8) is 0 Å². The number of nitrogens with zero attached hydrogens (tertiary/aromatic N) is 3. The minimum Gasteiger partial charge on any atom is -0.466 e. The predicted molar refractivity (Wildman–Crippen MR) is 105 cm³/mol. The molecule has 0 N–H and O–H groups in total. The summed E-state index contributed by atoms with van der Waals surface area (Å²) in [4.78, 5) is 25.0. The Labute approximate surface area is 158 Å². The van der Waals surface area contributed by atoms with Crippen LogP contribution in [0.1, 0.15) is 30.2 Å². The van der Waals surface area contributed by atoms with Crippen LogP contribution in [0.5, 0.6) is 0 Å². The molecule has 0 saturated heterocycles. The van der Waals surface area contributed by atoms with Gasteiger partial charge in [-0.2, -0.15) is 0 Å². The lowest BCUT2D eigenvalue weighted by Gasteiger charge is -2.07. The maximum Gasteiger partial charge on any atom is 0.306 e. The fraction of sp³-hybridized carbons (Fsp3) is 0.182. The van der Waals surface area contributed by atoms with E-state index >= 15 is 0 Å². The summed E-state index contributed by atoms with van der Waals surface area (Å²) in [5.74, 6) is 0.148. The Morgan fingerprint density at radius 2 is 1.59 bits per heavy atom. The van der Waals surface area contributed by atoms with Crippen LogP contribution in [0.4, 0.5) is 5.95 Å². The quantitative estimate of drug-likeness (QED) is 0.470. The lowest BCUT2D eigenvalue weighted by atomic mass is 10.0. The summed E-state index contributed by atoms with van der Waals surface area (Å²) >= 11 is 0. The first kappa shape index (κ1) is 18.5. The number of aryl methyl sites for hydroxylation is 1. The van der Waals surface area contributed by atoms with Crippen LogP contribution >= 0.6 is 0 Å².